The van der Waals surface area contributed by atoms with Crippen molar-refractivity contribution in [3.63, 3.8) is 0 Å². The van der Waals surface area contributed by atoms with Gasteiger partial charge in [0.1, 0.15) is 6.61 Å². The normalized spacial score (nSPS) is 11.2. The molecule has 1 aromatic heterocycles. The highest BCUT2D eigenvalue weighted by Crippen LogP contribution is 2.21. The van der Waals surface area contributed by atoms with Crippen LogP contribution in [0.4, 0.5) is 5.69 Å². The van der Waals surface area contributed by atoms with Crippen molar-refractivity contribution in [1.82, 2.24) is 4.98 Å². The first-order valence-corrected chi connectivity index (χ1v) is 6.84. The van der Waals surface area contributed by atoms with Crippen LogP contribution in [0.15, 0.2) is 12.1 Å². The van der Waals surface area contributed by atoms with Gasteiger partial charge in [0.25, 0.3) is 0 Å². The average Bonchev–Trinajstić information content (AvgIpc) is 2.36. The zero-order valence-electron chi connectivity index (χ0n) is 12.9. The lowest BCUT2D eigenvalue weighted by molar-refractivity contribution is -0.123. The summed E-state index contributed by atoms with van der Waals surface area (Å²) in [6.07, 6.45) is 0. The first-order valence-electron chi connectivity index (χ1n) is 6.84. The van der Waals surface area contributed by atoms with Gasteiger partial charge in [0, 0.05) is 18.1 Å². The predicted molar refractivity (Wildman–Crippen MR) is 79.0 cm³/mol. The van der Waals surface area contributed by atoms with Gasteiger partial charge in [0.2, 0.25) is 11.8 Å². The number of pyridine rings is 1. The van der Waals surface area contributed by atoms with Gasteiger partial charge in [-0.3, -0.25) is 4.79 Å². The molecule has 5 nitrogen and oxygen atoms in total. The fraction of sp³-hybridized carbons (Fsp3) is 0.600. The fourth-order valence-electron chi connectivity index (χ4n) is 1.41. The highest BCUT2D eigenvalue weighted by molar-refractivity contribution is 5.94. The summed E-state index contributed by atoms with van der Waals surface area (Å²) in [5, 5.41) is 2.87. The zero-order chi connectivity index (χ0) is 15.2. The maximum absolute atomic E-state index is 11.9. The van der Waals surface area contributed by atoms with Crippen molar-refractivity contribution in [2.75, 3.05) is 25.1 Å². The van der Waals surface area contributed by atoms with Gasteiger partial charge in [0.05, 0.1) is 18.0 Å². The molecule has 112 valence electrons. The number of aryl methyl sites for hydroxylation is 1. The van der Waals surface area contributed by atoms with E-state index in [1.165, 1.54) is 0 Å². The standard InChI is InChI=1S/C15H24N2O3/c1-6-19-9-10-20-13-8-7-12(11(2)16-13)17-14(18)15(3,4)5/h7-8H,6,9-10H2,1-5H3,(H,17,18). The monoisotopic (exact) mass is 280 g/mol. The predicted octanol–water partition coefficient (Wildman–Crippen LogP) is 2.79. The lowest BCUT2D eigenvalue weighted by Crippen LogP contribution is -2.28. The molecule has 0 fully saturated rings. The number of nitrogens with zero attached hydrogens (tertiary/aromatic N) is 1. The summed E-state index contributed by atoms with van der Waals surface area (Å²) in [5.41, 5.74) is 1.01. The van der Waals surface area contributed by atoms with Crippen LogP contribution in [0.25, 0.3) is 0 Å². The summed E-state index contributed by atoms with van der Waals surface area (Å²) < 4.78 is 10.7. The van der Waals surface area contributed by atoms with Crippen LogP contribution in [-0.2, 0) is 9.53 Å². The molecule has 0 aliphatic carbocycles. The number of hydrogen-bond donors (Lipinski definition) is 1. The Morgan fingerprint density at radius 2 is 2.00 bits per heavy atom. The summed E-state index contributed by atoms with van der Waals surface area (Å²) in [6.45, 7) is 11.1. The Labute approximate surface area is 120 Å². The molecule has 0 atom stereocenters. The second-order valence-electron chi connectivity index (χ2n) is 5.53. The SMILES string of the molecule is CCOCCOc1ccc(NC(=O)C(C)(C)C)c(C)n1. The smallest absolute Gasteiger partial charge is 0.229 e. The molecule has 5 heteroatoms. The van der Waals surface area contributed by atoms with Crippen LogP contribution in [0, 0.1) is 12.3 Å². The van der Waals surface area contributed by atoms with Gasteiger partial charge >= 0.3 is 0 Å². The van der Waals surface area contributed by atoms with Gasteiger partial charge in [-0.05, 0) is 19.9 Å². The van der Waals surface area contributed by atoms with Gasteiger partial charge in [0.15, 0.2) is 0 Å². The molecule has 0 aliphatic rings. The minimum Gasteiger partial charge on any atom is -0.475 e. The molecule has 1 amide bonds. The van der Waals surface area contributed by atoms with E-state index in [-0.39, 0.29) is 5.91 Å². The number of rotatable bonds is 6. The van der Waals surface area contributed by atoms with E-state index in [1.807, 2.05) is 40.7 Å². The van der Waals surface area contributed by atoms with E-state index in [4.69, 9.17) is 9.47 Å². The summed E-state index contributed by atoms with van der Waals surface area (Å²) in [7, 11) is 0. The largest absolute Gasteiger partial charge is 0.475 e. The van der Waals surface area contributed by atoms with Crippen molar-refractivity contribution in [3.8, 4) is 5.88 Å². The molecule has 20 heavy (non-hydrogen) atoms. The van der Waals surface area contributed by atoms with E-state index in [1.54, 1.807) is 6.07 Å². The van der Waals surface area contributed by atoms with Gasteiger partial charge in [-0.2, -0.15) is 0 Å². The Morgan fingerprint density at radius 3 is 2.55 bits per heavy atom. The van der Waals surface area contributed by atoms with Crippen molar-refractivity contribution < 1.29 is 14.3 Å². The number of nitrogens with one attached hydrogen (secondary N) is 1. The Balaban J connectivity index is 2.62. The van der Waals surface area contributed by atoms with Crippen LogP contribution < -0.4 is 10.1 Å². The third-order valence-electron chi connectivity index (χ3n) is 2.67. The van der Waals surface area contributed by atoms with E-state index in [2.05, 4.69) is 10.3 Å². The number of carbonyl (C=O) groups excluding carboxylic acids is 1. The third kappa shape index (κ3) is 5.17. The lowest BCUT2D eigenvalue weighted by atomic mass is 9.95. The third-order valence-corrected chi connectivity index (χ3v) is 2.67. The van der Waals surface area contributed by atoms with E-state index >= 15 is 0 Å². The van der Waals surface area contributed by atoms with Crippen LogP contribution in [-0.4, -0.2) is 30.7 Å². The first-order chi connectivity index (χ1) is 9.34. The molecule has 1 heterocycles. The molecule has 0 radical (unpaired) electrons. The highest BCUT2D eigenvalue weighted by atomic mass is 16.5. The van der Waals surface area contributed by atoms with Crippen LogP contribution in [0.1, 0.15) is 33.4 Å². The van der Waals surface area contributed by atoms with E-state index in [0.717, 1.165) is 5.69 Å². The van der Waals surface area contributed by atoms with E-state index in [0.29, 0.717) is 31.4 Å². The topological polar surface area (TPSA) is 60.5 Å². The summed E-state index contributed by atoms with van der Waals surface area (Å²) in [6, 6.07) is 3.55. The number of amides is 1. The maximum atomic E-state index is 11.9. The molecule has 0 aliphatic heterocycles. The Hall–Kier alpha value is -1.62. The van der Waals surface area contributed by atoms with Crippen LogP contribution in [0.3, 0.4) is 0 Å². The van der Waals surface area contributed by atoms with Gasteiger partial charge < -0.3 is 14.8 Å². The second-order valence-corrected chi connectivity index (χ2v) is 5.53. The van der Waals surface area contributed by atoms with Crippen LogP contribution in [0.5, 0.6) is 5.88 Å². The molecule has 1 aromatic rings. The Kier molecular flexibility index (Phi) is 5.95. The quantitative estimate of drug-likeness (QED) is 0.814. The van der Waals surface area contributed by atoms with Gasteiger partial charge in [-0.1, -0.05) is 20.8 Å². The van der Waals surface area contributed by atoms with Crippen molar-refractivity contribution in [3.05, 3.63) is 17.8 Å². The molecule has 0 bridgehead atoms. The number of ether oxygens (including phenoxy) is 2. The van der Waals surface area contributed by atoms with E-state index < -0.39 is 5.41 Å². The molecule has 0 saturated heterocycles. The first kappa shape index (κ1) is 16.4. The highest BCUT2D eigenvalue weighted by Gasteiger charge is 2.21. The van der Waals surface area contributed by atoms with Crippen molar-refractivity contribution in [1.29, 1.82) is 0 Å². The van der Waals surface area contributed by atoms with Crippen molar-refractivity contribution in [2.45, 2.75) is 34.6 Å². The molecule has 0 saturated carbocycles. The van der Waals surface area contributed by atoms with Crippen molar-refractivity contribution >= 4 is 11.6 Å². The molecule has 1 rings (SSSR count). The molecular weight excluding hydrogens is 256 g/mol. The van der Waals surface area contributed by atoms with Crippen molar-refractivity contribution in [2.24, 2.45) is 5.41 Å². The number of hydrogen-bond acceptors (Lipinski definition) is 4. The zero-order valence-corrected chi connectivity index (χ0v) is 12.9. The Morgan fingerprint density at radius 1 is 1.30 bits per heavy atom. The number of anilines is 1. The second kappa shape index (κ2) is 7.24. The summed E-state index contributed by atoms with van der Waals surface area (Å²) in [5.74, 6) is 0.503. The van der Waals surface area contributed by atoms with Gasteiger partial charge in [-0.15, -0.1) is 0 Å². The number of carbonyl (C=O) groups is 1. The minimum atomic E-state index is -0.431. The molecule has 0 aromatic carbocycles. The minimum absolute atomic E-state index is 0.0348. The van der Waals surface area contributed by atoms with Gasteiger partial charge in [-0.25, -0.2) is 4.98 Å². The van der Waals surface area contributed by atoms with Crippen LogP contribution >= 0.6 is 0 Å². The molecule has 0 spiro atoms. The van der Waals surface area contributed by atoms with Crippen LogP contribution in [0.2, 0.25) is 0 Å². The molecule has 1 N–H and O–H groups in total. The Bertz CT molecular complexity index is 453. The summed E-state index contributed by atoms with van der Waals surface area (Å²) in [4.78, 5) is 16.2. The average molecular weight is 280 g/mol. The maximum Gasteiger partial charge on any atom is 0.229 e. The van der Waals surface area contributed by atoms with E-state index in [9.17, 15) is 4.79 Å². The summed E-state index contributed by atoms with van der Waals surface area (Å²) >= 11 is 0. The fourth-order valence-corrected chi connectivity index (χ4v) is 1.41. The lowest BCUT2D eigenvalue weighted by Gasteiger charge is -2.18. The number of aromatic nitrogens is 1. The molecular formula is C15H24N2O3. The molecule has 0 unspecified atom stereocenters.